The van der Waals surface area contributed by atoms with Gasteiger partial charge in [-0.2, -0.15) is 20.0 Å². The molecule has 0 aliphatic rings. The summed E-state index contributed by atoms with van der Waals surface area (Å²) in [6.07, 6.45) is 3.10. The lowest BCUT2D eigenvalue weighted by Crippen LogP contribution is -1.86. The van der Waals surface area contributed by atoms with Crippen molar-refractivity contribution in [3.8, 4) is 22.3 Å². The number of hydrogen-bond donors (Lipinski definition) is 0. The number of carbonyl (C=O) groups excluding carboxylic acids is 2. The molecule has 0 spiro atoms. The maximum absolute atomic E-state index is 10.6. The molecule has 0 radical (unpaired) electrons. The molecular weight excluding hydrogens is 521 g/mol. The van der Waals surface area contributed by atoms with E-state index >= 15 is 0 Å². The van der Waals surface area contributed by atoms with Crippen molar-refractivity contribution in [3.63, 3.8) is 0 Å². The molecule has 0 amide bonds. The maximum atomic E-state index is 10.6. The third-order valence-electron chi connectivity index (χ3n) is 5.20. The Balaban J connectivity index is 1.83. The second kappa shape index (κ2) is 12.5. The van der Waals surface area contributed by atoms with Gasteiger partial charge in [-0.1, -0.05) is 36.0 Å². The summed E-state index contributed by atoms with van der Waals surface area (Å²) >= 11 is 11.1. The van der Waals surface area contributed by atoms with Gasteiger partial charge in [0.2, 0.25) is 12.2 Å². The number of isothiocyanates is 2. The Labute approximate surface area is 227 Å². The van der Waals surface area contributed by atoms with Crippen LogP contribution in [0.25, 0.3) is 22.3 Å². The number of isocyanates is 2. The summed E-state index contributed by atoms with van der Waals surface area (Å²) in [5.41, 5.74) is 6.02. The van der Waals surface area contributed by atoms with Gasteiger partial charge in [0.05, 0.1) is 33.1 Å². The van der Waals surface area contributed by atoms with Crippen molar-refractivity contribution in [3.05, 3.63) is 84.9 Å². The zero-order valence-corrected chi connectivity index (χ0v) is 21.4. The van der Waals surface area contributed by atoms with Crippen LogP contribution >= 0.6 is 36.2 Å². The first-order chi connectivity index (χ1) is 18.1. The molecule has 37 heavy (non-hydrogen) atoms. The molecule has 0 fully saturated rings. The van der Waals surface area contributed by atoms with Crippen LogP contribution in [0.3, 0.4) is 0 Å². The monoisotopic (exact) mass is 534 g/mol. The summed E-state index contributed by atoms with van der Waals surface area (Å²) in [7, 11) is 0. The predicted octanol–water partition coefficient (Wildman–Crippen LogP) is 8.58. The zero-order valence-electron chi connectivity index (χ0n) is 18.9. The third kappa shape index (κ3) is 6.43. The average Bonchev–Trinajstić information content (AvgIpc) is 2.92. The number of hydrogen-bond acceptors (Lipinski definition) is 9. The SMILES string of the molecule is O=C=Nc1ccc(-c2cc(N=C=S)ccc2Sc2ccc(N=C=S)cc2-c2ccc(N=C=O)cc2)cc1. The van der Waals surface area contributed by atoms with E-state index in [-0.39, 0.29) is 0 Å². The van der Waals surface area contributed by atoms with Gasteiger partial charge in [-0.05, 0) is 107 Å². The number of benzene rings is 4. The van der Waals surface area contributed by atoms with Crippen LogP contribution in [0.15, 0.2) is 115 Å². The number of aliphatic imine (C=N–C) groups is 4. The van der Waals surface area contributed by atoms with Crippen LogP contribution in [0, 0.1) is 0 Å². The summed E-state index contributed by atoms with van der Waals surface area (Å²) in [4.78, 5) is 38.7. The van der Waals surface area contributed by atoms with Crippen molar-refractivity contribution in [2.75, 3.05) is 0 Å². The van der Waals surface area contributed by atoms with Crippen LogP contribution in [0.2, 0.25) is 0 Å². The lowest BCUT2D eigenvalue weighted by molar-refractivity contribution is 0.564. The van der Waals surface area contributed by atoms with Crippen LogP contribution in [0.5, 0.6) is 0 Å². The molecule has 4 aromatic rings. The first-order valence-corrected chi connectivity index (χ1v) is 12.3. The molecule has 0 aromatic heterocycles. The molecule has 0 atom stereocenters. The molecule has 176 valence electrons. The van der Waals surface area contributed by atoms with Crippen molar-refractivity contribution >= 4 is 81.4 Å². The van der Waals surface area contributed by atoms with Crippen LogP contribution in [0.4, 0.5) is 22.7 Å². The molecule has 4 aromatic carbocycles. The normalized spacial score (nSPS) is 9.73. The number of nitrogens with zero attached hydrogens (tertiary/aromatic N) is 4. The summed E-state index contributed by atoms with van der Waals surface area (Å²) in [5.74, 6) is 0. The highest BCUT2D eigenvalue weighted by atomic mass is 32.2. The molecule has 6 nitrogen and oxygen atoms in total. The van der Waals surface area contributed by atoms with Crippen molar-refractivity contribution in [2.24, 2.45) is 20.0 Å². The largest absolute Gasteiger partial charge is 0.240 e. The smallest absolute Gasteiger partial charge is 0.211 e. The summed E-state index contributed by atoms with van der Waals surface area (Å²) in [6.45, 7) is 0. The van der Waals surface area contributed by atoms with Gasteiger partial charge < -0.3 is 0 Å². The van der Waals surface area contributed by atoms with Crippen LogP contribution < -0.4 is 0 Å². The first kappa shape index (κ1) is 25.7. The maximum Gasteiger partial charge on any atom is 0.240 e. The quantitative estimate of drug-likeness (QED) is 0.128. The Morgan fingerprint density at radius 1 is 0.514 bits per heavy atom. The summed E-state index contributed by atoms with van der Waals surface area (Å²) < 4.78 is 0. The average molecular weight is 535 g/mol. The Morgan fingerprint density at radius 2 is 0.892 bits per heavy atom. The van der Waals surface area contributed by atoms with Gasteiger partial charge in [-0.3, -0.25) is 0 Å². The van der Waals surface area contributed by atoms with E-state index in [1.165, 1.54) is 0 Å². The van der Waals surface area contributed by atoms with Crippen molar-refractivity contribution in [1.29, 1.82) is 0 Å². The van der Waals surface area contributed by atoms with E-state index in [0.717, 1.165) is 32.0 Å². The Kier molecular flexibility index (Phi) is 8.69. The fourth-order valence-corrected chi connectivity index (χ4v) is 4.86. The second-order valence-electron chi connectivity index (χ2n) is 7.37. The van der Waals surface area contributed by atoms with Gasteiger partial charge in [-0.25, -0.2) is 9.59 Å². The van der Waals surface area contributed by atoms with E-state index in [2.05, 4.69) is 30.3 Å². The Morgan fingerprint density at radius 3 is 1.24 bits per heavy atom. The van der Waals surface area contributed by atoms with E-state index in [1.807, 2.05) is 60.7 Å². The van der Waals surface area contributed by atoms with Gasteiger partial charge in [-0.15, -0.1) is 0 Å². The number of thiocarbonyl (C=S) groups is 2. The lowest BCUT2D eigenvalue weighted by atomic mass is 10.0. The topological polar surface area (TPSA) is 83.6 Å². The van der Waals surface area contributed by atoms with Crippen molar-refractivity contribution in [2.45, 2.75) is 9.79 Å². The van der Waals surface area contributed by atoms with Gasteiger partial charge in [0.25, 0.3) is 0 Å². The lowest BCUT2D eigenvalue weighted by Gasteiger charge is -2.14. The van der Waals surface area contributed by atoms with Crippen molar-refractivity contribution < 1.29 is 9.59 Å². The van der Waals surface area contributed by atoms with Crippen LogP contribution in [-0.4, -0.2) is 22.5 Å². The summed E-state index contributed by atoms with van der Waals surface area (Å²) in [5, 5.41) is 4.81. The van der Waals surface area contributed by atoms with E-state index < -0.39 is 0 Å². The molecule has 0 saturated carbocycles. The van der Waals surface area contributed by atoms with Gasteiger partial charge in [0, 0.05) is 9.79 Å². The Hall–Kier alpha value is -4.41. The molecule has 9 heteroatoms. The molecule has 0 N–H and O–H groups in total. The minimum absolute atomic E-state index is 0.514. The van der Waals surface area contributed by atoms with Gasteiger partial charge >= 0.3 is 0 Å². The van der Waals surface area contributed by atoms with E-state index in [4.69, 9.17) is 24.4 Å². The highest BCUT2D eigenvalue weighted by Crippen LogP contribution is 2.43. The minimum atomic E-state index is 0.514. The minimum Gasteiger partial charge on any atom is -0.211 e. The molecule has 4 rings (SSSR count). The van der Waals surface area contributed by atoms with Gasteiger partial charge in [0.1, 0.15) is 0 Å². The third-order valence-corrected chi connectivity index (χ3v) is 6.54. The van der Waals surface area contributed by atoms with E-state index in [9.17, 15) is 9.59 Å². The second-order valence-corrected chi connectivity index (χ2v) is 8.82. The van der Waals surface area contributed by atoms with E-state index in [1.54, 1.807) is 48.2 Å². The molecule has 0 saturated heterocycles. The fraction of sp³-hybridized carbons (Fsp3) is 0. The first-order valence-electron chi connectivity index (χ1n) is 10.6. The molecule has 0 heterocycles. The molecule has 0 aliphatic heterocycles. The molecule has 0 unspecified atom stereocenters. The standard InChI is InChI=1S/C28H14N4O2S3/c33-15-29-21-5-1-19(2-6-21)25-13-23(31-17-35)9-11-27(25)37-28-12-10-24(32-18-36)14-26(28)20-3-7-22(8-4-20)30-16-34/h1-14H. The van der Waals surface area contributed by atoms with Crippen LogP contribution in [-0.2, 0) is 9.59 Å². The highest BCUT2D eigenvalue weighted by Gasteiger charge is 2.13. The Bertz CT molecular complexity index is 1530. The molecular formula is C28H14N4O2S3. The van der Waals surface area contributed by atoms with E-state index in [0.29, 0.717) is 22.7 Å². The zero-order chi connectivity index (χ0) is 26.0. The number of rotatable bonds is 8. The summed E-state index contributed by atoms with van der Waals surface area (Å²) in [6, 6.07) is 26.0. The van der Waals surface area contributed by atoms with Crippen LogP contribution in [0.1, 0.15) is 0 Å². The molecule has 0 bridgehead atoms. The molecule has 0 aliphatic carbocycles. The highest BCUT2D eigenvalue weighted by molar-refractivity contribution is 7.99. The van der Waals surface area contributed by atoms with Crippen molar-refractivity contribution in [1.82, 2.24) is 0 Å². The predicted molar refractivity (Wildman–Crippen MR) is 153 cm³/mol. The fourth-order valence-electron chi connectivity index (χ4n) is 3.56. The van der Waals surface area contributed by atoms with Gasteiger partial charge in [0.15, 0.2) is 0 Å².